The molecule has 2 rings (SSSR count). The Kier molecular flexibility index (Phi) is 5.52. The van der Waals surface area contributed by atoms with Crippen molar-refractivity contribution < 1.29 is 18.0 Å². The second-order valence-electron chi connectivity index (χ2n) is 6.49. The molecule has 0 spiro atoms. The molecule has 21 heavy (non-hydrogen) atoms. The lowest BCUT2D eigenvalue weighted by atomic mass is 9.81. The van der Waals surface area contributed by atoms with Gasteiger partial charge < -0.3 is 11.1 Å². The maximum absolute atomic E-state index is 12.6. The van der Waals surface area contributed by atoms with Gasteiger partial charge in [0.1, 0.15) is 0 Å². The van der Waals surface area contributed by atoms with Crippen LogP contribution < -0.4 is 11.1 Å². The molecule has 0 saturated heterocycles. The summed E-state index contributed by atoms with van der Waals surface area (Å²) in [5.41, 5.74) is 5.75. The Bertz CT molecular complexity index is 345. The summed E-state index contributed by atoms with van der Waals surface area (Å²) in [7, 11) is 0. The van der Waals surface area contributed by atoms with Crippen molar-refractivity contribution in [1.82, 2.24) is 5.32 Å². The molecule has 3 N–H and O–H groups in total. The van der Waals surface area contributed by atoms with Crippen molar-refractivity contribution >= 4 is 5.91 Å². The van der Waals surface area contributed by atoms with Crippen LogP contribution in [0.1, 0.15) is 51.4 Å². The number of nitrogens with one attached hydrogen (secondary N) is 1. The lowest BCUT2D eigenvalue weighted by Gasteiger charge is -2.31. The van der Waals surface area contributed by atoms with Crippen molar-refractivity contribution in [3.8, 4) is 0 Å². The van der Waals surface area contributed by atoms with Crippen molar-refractivity contribution in [2.24, 2.45) is 23.5 Å². The van der Waals surface area contributed by atoms with E-state index in [-0.39, 0.29) is 30.7 Å². The zero-order chi connectivity index (χ0) is 15.5. The monoisotopic (exact) mass is 306 g/mol. The Hall–Kier alpha value is -0.780. The van der Waals surface area contributed by atoms with E-state index in [1.807, 2.05) is 0 Å². The number of nitrogens with two attached hydrogens (primary N) is 1. The van der Waals surface area contributed by atoms with Crippen molar-refractivity contribution in [2.45, 2.75) is 63.6 Å². The normalized spacial score (nSPS) is 29.3. The zero-order valence-electron chi connectivity index (χ0n) is 12.3. The van der Waals surface area contributed by atoms with E-state index in [9.17, 15) is 18.0 Å². The first-order valence-corrected chi connectivity index (χ1v) is 7.99. The maximum atomic E-state index is 12.6. The number of alkyl halides is 3. The highest BCUT2D eigenvalue weighted by Gasteiger charge is 2.42. The predicted octanol–water partition coefficient (Wildman–Crippen LogP) is 2.99. The minimum Gasteiger partial charge on any atom is -0.352 e. The molecule has 0 radical (unpaired) electrons. The molecule has 0 aromatic carbocycles. The smallest absolute Gasteiger partial charge is 0.352 e. The van der Waals surface area contributed by atoms with Gasteiger partial charge in [0.2, 0.25) is 5.91 Å². The number of carbonyl (C=O) groups is 1. The topological polar surface area (TPSA) is 55.1 Å². The summed E-state index contributed by atoms with van der Waals surface area (Å²) in [4.78, 5) is 12.2. The van der Waals surface area contributed by atoms with Gasteiger partial charge in [0.25, 0.3) is 0 Å². The Morgan fingerprint density at radius 2 is 1.67 bits per heavy atom. The minimum absolute atomic E-state index is 0.0136. The van der Waals surface area contributed by atoms with Gasteiger partial charge in [-0.15, -0.1) is 0 Å². The summed E-state index contributed by atoms with van der Waals surface area (Å²) in [5.74, 6) is -1.18. The Morgan fingerprint density at radius 3 is 2.14 bits per heavy atom. The molecule has 3 nitrogen and oxygen atoms in total. The summed E-state index contributed by atoms with van der Waals surface area (Å²) in [6, 6.07) is -0.0136. The first kappa shape index (κ1) is 16.6. The van der Waals surface area contributed by atoms with Gasteiger partial charge in [-0.05, 0) is 44.4 Å². The van der Waals surface area contributed by atoms with E-state index in [0.717, 1.165) is 12.8 Å². The summed E-state index contributed by atoms with van der Waals surface area (Å²) in [6.07, 6.45) is 1.20. The predicted molar refractivity (Wildman–Crippen MR) is 74.4 cm³/mol. The average Bonchev–Trinajstić information content (AvgIpc) is 2.97. The molecule has 1 atom stereocenters. The fourth-order valence-electron chi connectivity index (χ4n) is 3.71. The standard InChI is InChI=1S/C15H25F3N2O/c16-15(17,18)12-7-5-11(6-8-12)14(21)20-13(9-19)10-3-1-2-4-10/h10-13H,1-9,19H2,(H,20,21). The molecule has 0 aromatic heterocycles. The van der Waals surface area contributed by atoms with Crippen molar-refractivity contribution in [3.63, 3.8) is 0 Å². The first-order chi connectivity index (χ1) is 9.91. The summed E-state index contributed by atoms with van der Waals surface area (Å²) >= 11 is 0. The molecule has 2 saturated carbocycles. The van der Waals surface area contributed by atoms with Crippen LogP contribution in [-0.4, -0.2) is 24.7 Å². The van der Waals surface area contributed by atoms with E-state index >= 15 is 0 Å². The summed E-state index contributed by atoms with van der Waals surface area (Å²) in [5, 5.41) is 2.99. The Labute approximate surface area is 123 Å². The molecule has 1 unspecified atom stereocenters. The quantitative estimate of drug-likeness (QED) is 0.839. The van der Waals surface area contributed by atoms with E-state index in [1.165, 1.54) is 12.8 Å². The molecular weight excluding hydrogens is 281 g/mol. The van der Waals surface area contributed by atoms with Crippen LogP contribution >= 0.6 is 0 Å². The molecule has 122 valence electrons. The van der Waals surface area contributed by atoms with Crippen LogP contribution in [0.25, 0.3) is 0 Å². The van der Waals surface area contributed by atoms with Gasteiger partial charge in [-0.1, -0.05) is 12.8 Å². The Balaban J connectivity index is 1.81. The molecule has 2 fully saturated rings. The molecule has 0 aliphatic heterocycles. The van der Waals surface area contributed by atoms with E-state index in [0.29, 0.717) is 25.3 Å². The highest BCUT2D eigenvalue weighted by molar-refractivity contribution is 5.79. The summed E-state index contributed by atoms with van der Waals surface area (Å²) < 4.78 is 37.9. The number of carbonyl (C=O) groups excluding carboxylic acids is 1. The third-order valence-electron chi connectivity index (χ3n) is 5.11. The fraction of sp³-hybridized carbons (Fsp3) is 0.933. The zero-order valence-corrected chi connectivity index (χ0v) is 12.3. The van der Waals surface area contributed by atoms with E-state index < -0.39 is 12.1 Å². The van der Waals surface area contributed by atoms with Crippen LogP contribution in [0.4, 0.5) is 13.2 Å². The number of rotatable bonds is 4. The van der Waals surface area contributed by atoms with Gasteiger partial charge in [0.15, 0.2) is 0 Å². The maximum Gasteiger partial charge on any atom is 0.391 e. The van der Waals surface area contributed by atoms with E-state index in [2.05, 4.69) is 5.32 Å². The van der Waals surface area contributed by atoms with Crippen LogP contribution in [0.2, 0.25) is 0 Å². The molecule has 2 aliphatic rings. The highest BCUT2D eigenvalue weighted by atomic mass is 19.4. The van der Waals surface area contributed by atoms with Crippen molar-refractivity contribution in [3.05, 3.63) is 0 Å². The second-order valence-corrected chi connectivity index (χ2v) is 6.49. The molecular formula is C15H25F3N2O. The van der Waals surface area contributed by atoms with Crippen LogP contribution in [0.5, 0.6) is 0 Å². The molecule has 0 bridgehead atoms. The van der Waals surface area contributed by atoms with Gasteiger partial charge in [0.05, 0.1) is 5.92 Å². The molecule has 1 amide bonds. The van der Waals surface area contributed by atoms with Gasteiger partial charge in [-0.25, -0.2) is 0 Å². The molecule has 6 heteroatoms. The number of hydrogen-bond donors (Lipinski definition) is 2. The van der Waals surface area contributed by atoms with E-state index in [1.54, 1.807) is 0 Å². The van der Waals surface area contributed by atoms with Gasteiger partial charge in [-0.3, -0.25) is 4.79 Å². The molecule has 0 aromatic rings. The van der Waals surface area contributed by atoms with Gasteiger partial charge >= 0.3 is 6.18 Å². The fourth-order valence-corrected chi connectivity index (χ4v) is 3.71. The minimum atomic E-state index is -4.12. The Morgan fingerprint density at radius 1 is 1.10 bits per heavy atom. The van der Waals surface area contributed by atoms with Gasteiger partial charge in [0, 0.05) is 18.5 Å². The third kappa shape index (κ3) is 4.34. The first-order valence-electron chi connectivity index (χ1n) is 7.99. The third-order valence-corrected chi connectivity index (χ3v) is 5.11. The number of halogens is 3. The largest absolute Gasteiger partial charge is 0.391 e. The lowest BCUT2D eigenvalue weighted by molar-refractivity contribution is -0.184. The lowest BCUT2D eigenvalue weighted by Crippen LogP contribution is -2.47. The highest BCUT2D eigenvalue weighted by Crippen LogP contribution is 2.39. The van der Waals surface area contributed by atoms with Crippen molar-refractivity contribution in [1.29, 1.82) is 0 Å². The van der Waals surface area contributed by atoms with Crippen molar-refractivity contribution in [2.75, 3.05) is 6.54 Å². The van der Waals surface area contributed by atoms with Crippen LogP contribution in [-0.2, 0) is 4.79 Å². The summed E-state index contributed by atoms with van der Waals surface area (Å²) in [6.45, 7) is 0.411. The van der Waals surface area contributed by atoms with E-state index in [4.69, 9.17) is 5.73 Å². The van der Waals surface area contributed by atoms with Gasteiger partial charge in [-0.2, -0.15) is 13.2 Å². The number of hydrogen-bond acceptors (Lipinski definition) is 2. The molecule has 0 heterocycles. The average molecular weight is 306 g/mol. The van der Waals surface area contributed by atoms with Crippen LogP contribution in [0, 0.1) is 17.8 Å². The van der Waals surface area contributed by atoms with Crippen LogP contribution in [0.3, 0.4) is 0 Å². The second kappa shape index (κ2) is 6.99. The SMILES string of the molecule is NCC(NC(=O)C1CCC(C(F)(F)F)CC1)C1CCCC1. The number of amides is 1. The van der Waals surface area contributed by atoms with Crippen LogP contribution in [0.15, 0.2) is 0 Å². The molecule has 2 aliphatic carbocycles.